The number of rotatable bonds is 3. The molecule has 0 heterocycles. The second kappa shape index (κ2) is 7.67. The summed E-state index contributed by atoms with van der Waals surface area (Å²) in [4.78, 5) is 10.2. The summed E-state index contributed by atoms with van der Waals surface area (Å²) < 4.78 is 0. The summed E-state index contributed by atoms with van der Waals surface area (Å²) in [6.45, 7) is 3.72. The summed E-state index contributed by atoms with van der Waals surface area (Å²) in [6.07, 6.45) is 2.94. The first-order chi connectivity index (χ1) is 3.27. The van der Waals surface area contributed by atoms with Crippen molar-refractivity contribution in [3.63, 3.8) is 0 Å². The summed E-state index contributed by atoms with van der Waals surface area (Å²) in [5.74, 6) is 0.307. The van der Waals surface area contributed by atoms with E-state index in [0.29, 0.717) is 5.78 Å². The van der Waals surface area contributed by atoms with E-state index in [1.54, 1.807) is 6.92 Å². The summed E-state index contributed by atoms with van der Waals surface area (Å²) in [5, 5.41) is 0. The van der Waals surface area contributed by atoms with Gasteiger partial charge in [0.25, 0.3) is 0 Å². The standard InChI is InChI=1S/C6H12O.Na/c1-3-4-5-6(2)7;/h3-5H2,1-2H3;. The van der Waals surface area contributed by atoms with Crippen molar-refractivity contribution in [2.24, 2.45) is 0 Å². The molecule has 0 aliphatic heterocycles. The number of carbonyl (C=O) groups excluding carboxylic acids is 1. The number of hydrogen-bond acceptors (Lipinski definition) is 1. The molecule has 0 atom stereocenters. The van der Waals surface area contributed by atoms with Gasteiger partial charge in [-0.05, 0) is 13.3 Å². The van der Waals surface area contributed by atoms with Gasteiger partial charge in [-0.1, -0.05) is 13.3 Å². The third-order valence-corrected chi connectivity index (χ3v) is 0.882. The summed E-state index contributed by atoms with van der Waals surface area (Å²) in [6, 6.07) is 0. The molecule has 0 saturated heterocycles. The molecule has 0 aromatic carbocycles. The van der Waals surface area contributed by atoms with Gasteiger partial charge in [0.05, 0.1) is 0 Å². The van der Waals surface area contributed by atoms with Gasteiger partial charge in [-0.15, -0.1) is 0 Å². The van der Waals surface area contributed by atoms with E-state index >= 15 is 0 Å². The molecule has 2 heteroatoms. The third-order valence-electron chi connectivity index (χ3n) is 0.882. The monoisotopic (exact) mass is 123 g/mol. The van der Waals surface area contributed by atoms with Crippen LogP contribution in [0.2, 0.25) is 0 Å². The Kier molecular flexibility index (Phi) is 11.0. The van der Waals surface area contributed by atoms with Gasteiger partial charge in [-0.25, -0.2) is 0 Å². The molecule has 8 heavy (non-hydrogen) atoms. The maximum Gasteiger partial charge on any atom is 0.129 e. The first kappa shape index (κ1) is 11.5. The molecular formula is C6H12NaO. The van der Waals surface area contributed by atoms with Gasteiger partial charge in [0.15, 0.2) is 0 Å². The van der Waals surface area contributed by atoms with Gasteiger partial charge >= 0.3 is 0 Å². The Morgan fingerprint density at radius 3 is 2.12 bits per heavy atom. The average Bonchev–Trinajstić information content (AvgIpc) is 1.61. The largest absolute Gasteiger partial charge is 0.300 e. The first-order valence-corrected chi connectivity index (χ1v) is 2.76. The fourth-order valence-corrected chi connectivity index (χ4v) is 0.426. The molecule has 0 N–H and O–H groups in total. The van der Waals surface area contributed by atoms with Crippen LogP contribution in [0.25, 0.3) is 0 Å². The fraction of sp³-hybridized carbons (Fsp3) is 0.833. The molecule has 0 unspecified atom stereocenters. The van der Waals surface area contributed by atoms with Crippen molar-refractivity contribution >= 4 is 35.3 Å². The van der Waals surface area contributed by atoms with Gasteiger partial charge in [-0.3, -0.25) is 0 Å². The van der Waals surface area contributed by atoms with Crippen molar-refractivity contribution in [1.82, 2.24) is 0 Å². The summed E-state index contributed by atoms with van der Waals surface area (Å²) in [5.41, 5.74) is 0. The third kappa shape index (κ3) is 9.83. The molecule has 0 spiro atoms. The summed E-state index contributed by atoms with van der Waals surface area (Å²) in [7, 11) is 0. The number of hydrogen-bond donors (Lipinski definition) is 0. The van der Waals surface area contributed by atoms with Crippen molar-refractivity contribution in [2.75, 3.05) is 0 Å². The fourth-order valence-electron chi connectivity index (χ4n) is 0.426. The van der Waals surface area contributed by atoms with Crippen molar-refractivity contribution in [2.45, 2.75) is 33.1 Å². The summed E-state index contributed by atoms with van der Waals surface area (Å²) >= 11 is 0. The number of Topliss-reactive ketones (excluding diaryl/α,β-unsaturated/α-hetero) is 1. The Hall–Kier alpha value is 0.670. The molecule has 0 rings (SSSR count). The molecule has 0 amide bonds. The normalized spacial score (nSPS) is 7.75. The van der Waals surface area contributed by atoms with E-state index in [1.165, 1.54) is 0 Å². The molecular weight excluding hydrogens is 111 g/mol. The molecule has 0 aliphatic carbocycles. The molecule has 0 saturated carbocycles. The molecule has 1 radical (unpaired) electrons. The topological polar surface area (TPSA) is 17.1 Å². The van der Waals surface area contributed by atoms with Crippen molar-refractivity contribution in [3.05, 3.63) is 0 Å². The quantitative estimate of drug-likeness (QED) is 0.518. The predicted molar refractivity (Wildman–Crippen MR) is 36.0 cm³/mol. The second-order valence-electron chi connectivity index (χ2n) is 1.81. The van der Waals surface area contributed by atoms with Crippen LogP contribution in [0.5, 0.6) is 0 Å². The van der Waals surface area contributed by atoms with E-state index < -0.39 is 0 Å². The van der Waals surface area contributed by atoms with E-state index in [9.17, 15) is 4.79 Å². The van der Waals surface area contributed by atoms with Crippen molar-refractivity contribution in [3.8, 4) is 0 Å². The van der Waals surface area contributed by atoms with Gasteiger partial charge in [0.1, 0.15) is 5.78 Å². The molecule has 43 valence electrons. The van der Waals surface area contributed by atoms with E-state index in [0.717, 1.165) is 19.3 Å². The molecule has 0 aromatic heterocycles. The molecule has 1 nitrogen and oxygen atoms in total. The van der Waals surface area contributed by atoms with Crippen LogP contribution in [-0.2, 0) is 4.79 Å². The van der Waals surface area contributed by atoms with Gasteiger partial charge in [0.2, 0.25) is 0 Å². The zero-order chi connectivity index (χ0) is 5.70. The maximum atomic E-state index is 10.2. The van der Waals surface area contributed by atoms with Crippen LogP contribution >= 0.6 is 0 Å². The van der Waals surface area contributed by atoms with Crippen LogP contribution in [0, 0.1) is 0 Å². The van der Waals surface area contributed by atoms with Crippen LogP contribution in [0.15, 0.2) is 0 Å². The Labute approximate surface area is 73.1 Å². The van der Waals surface area contributed by atoms with E-state index in [1.807, 2.05) is 0 Å². The zero-order valence-electron chi connectivity index (χ0n) is 6.03. The minimum Gasteiger partial charge on any atom is -0.300 e. The number of unbranched alkanes of at least 4 members (excludes halogenated alkanes) is 1. The SMILES string of the molecule is CCCCC(C)=O.[Na]. The van der Waals surface area contributed by atoms with Crippen LogP contribution in [0.3, 0.4) is 0 Å². The maximum absolute atomic E-state index is 10.2. The van der Waals surface area contributed by atoms with Gasteiger partial charge in [-0.2, -0.15) is 0 Å². The minimum absolute atomic E-state index is 0. The smallest absolute Gasteiger partial charge is 0.129 e. The molecule has 0 aromatic rings. The second-order valence-corrected chi connectivity index (χ2v) is 1.81. The van der Waals surface area contributed by atoms with Crippen LogP contribution in [-0.4, -0.2) is 35.3 Å². The Balaban J connectivity index is 0. The van der Waals surface area contributed by atoms with Gasteiger partial charge < -0.3 is 4.79 Å². The molecule has 0 aliphatic rings. The van der Waals surface area contributed by atoms with Crippen LogP contribution in [0.1, 0.15) is 33.1 Å². The van der Waals surface area contributed by atoms with Gasteiger partial charge in [0, 0.05) is 36.0 Å². The van der Waals surface area contributed by atoms with Crippen LogP contribution < -0.4 is 0 Å². The van der Waals surface area contributed by atoms with Crippen molar-refractivity contribution in [1.29, 1.82) is 0 Å². The van der Waals surface area contributed by atoms with E-state index in [-0.39, 0.29) is 29.6 Å². The van der Waals surface area contributed by atoms with E-state index in [4.69, 9.17) is 0 Å². The Bertz CT molecular complexity index is 61.5. The minimum atomic E-state index is 0. The van der Waals surface area contributed by atoms with E-state index in [2.05, 4.69) is 6.92 Å². The Morgan fingerprint density at radius 2 is 2.00 bits per heavy atom. The number of ketones is 1. The van der Waals surface area contributed by atoms with Crippen LogP contribution in [0.4, 0.5) is 0 Å². The first-order valence-electron chi connectivity index (χ1n) is 2.76. The molecule has 0 fully saturated rings. The number of carbonyl (C=O) groups is 1. The predicted octanol–water partition coefficient (Wildman–Crippen LogP) is 1.38. The Morgan fingerprint density at radius 1 is 1.50 bits per heavy atom. The average molecular weight is 123 g/mol. The molecule has 0 bridgehead atoms. The van der Waals surface area contributed by atoms with Crippen molar-refractivity contribution < 1.29 is 4.79 Å². The zero-order valence-corrected chi connectivity index (χ0v) is 8.03.